The fourth-order valence-electron chi connectivity index (χ4n) is 4.83. The third-order valence-electron chi connectivity index (χ3n) is 6.73. The number of amides is 1. The van der Waals surface area contributed by atoms with Crippen molar-refractivity contribution in [1.82, 2.24) is 25.1 Å². The van der Waals surface area contributed by atoms with Gasteiger partial charge in [-0.3, -0.25) is 9.89 Å². The maximum atomic E-state index is 13.1. The molecular weight excluding hydrogens is 439 g/mol. The van der Waals surface area contributed by atoms with Gasteiger partial charge >= 0.3 is 0 Å². The number of pyridine rings is 1. The number of aromatic amines is 1. The molecule has 3 aromatic rings. The number of fused-ring (bicyclic) bond motifs is 1. The number of aliphatic hydroxyl groups excluding tert-OH is 1. The molecule has 1 aliphatic heterocycles. The van der Waals surface area contributed by atoms with Gasteiger partial charge in [0.25, 0.3) is 0 Å². The molecule has 0 spiro atoms. The summed E-state index contributed by atoms with van der Waals surface area (Å²) < 4.78 is 13.1. The minimum Gasteiger partial charge on any atom is -0.392 e. The van der Waals surface area contributed by atoms with E-state index in [1.165, 1.54) is 18.3 Å². The van der Waals surface area contributed by atoms with Gasteiger partial charge in [-0.15, -0.1) is 0 Å². The van der Waals surface area contributed by atoms with Gasteiger partial charge in [0.1, 0.15) is 11.9 Å². The van der Waals surface area contributed by atoms with Gasteiger partial charge in [-0.25, -0.2) is 9.97 Å². The van der Waals surface area contributed by atoms with Crippen LogP contribution in [0.1, 0.15) is 48.6 Å². The summed E-state index contributed by atoms with van der Waals surface area (Å²) in [4.78, 5) is 28.2. The molecule has 176 valence electrons. The highest BCUT2D eigenvalue weighted by atomic mass is 19.1. The smallest absolute Gasteiger partial charge is 0.247 e. The number of anilines is 4. The molecule has 3 aliphatic rings. The quantitative estimate of drug-likeness (QED) is 0.409. The number of carbonyl (C=O) groups excluding carboxylic acids is 1. The Bertz CT molecular complexity index is 1230. The molecule has 0 aromatic carbocycles. The van der Waals surface area contributed by atoms with Crippen molar-refractivity contribution in [1.29, 1.82) is 0 Å². The molecule has 6 rings (SSSR count). The van der Waals surface area contributed by atoms with E-state index in [0.717, 1.165) is 49.1 Å². The molecule has 34 heavy (non-hydrogen) atoms. The average Bonchev–Trinajstić information content (AvgIpc) is 3.29. The zero-order valence-corrected chi connectivity index (χ0v) is 18.5. The predicted octanol–water partition coefficient (Wildman–Crippen LogP) is 2.42. The minimum absolute atomic E-state index is 0.120. The molecular formula is C23H25FN8O2. The summed E-state index contributed by atoms with van der Waals surface area (Å²) in [5.74, 6) is 1.21. The lowest BCUT2D eigenvalue weighted by atomic mass is 10.2. The number of nitrogens with one attached hydrogen (secondary N) is 3. The molecule has 3 aromatic heterocycles. The first-order valence-corrected chi connectivity index (χ1v) is 11.6. The number of aromatic nitrogens is 5. The number of nitrogens with zero attached hydrogens (tertiary/aromatic N) is 5. The Balaban J connectivity index is 1.24. The minimum atomic E-state index is -0.593. The van der Waals surface area contributed by atoms with Crippen LogP contribution in [-0.2, 0) is 17.6 Å². The fraction of sp³-hybridized carbons (Fsp3) is 0.435. The van der Waals surface area contributed by atoms with Crippen LogP contribution in [0.15, 0.2) is 24.4 Å². The van der Waals surface area contributed by atoms with Gasteiger partial charge in [-0.05, 0) is 50.7 Å². The molecule has 1 unspecified atom stereocenters. The Kier molecular flexibility index (Phi) is 5.13. The van der Waals surface area contributed by atoms with Gasteiger partial charge in [0.05, 0.1) is 23.7 Å². The molecule has 4 heterocycles. The molecule has 2 fully saturated rings. The monoisotopic (exact) mass is 464 g/mol. The number of halogens is 1. The van der Waals surface area contributed by atoms with Crippen molar-refractivity contribution in [3.63, 3.8) is 0 Å². The number of aliphatic hydroxyl groups is 1. The standard InChI is InChI=1S/C23H25FN8O2/c24-19-7-6-12(11-25-19)26-22(34)17-5-2-8-32(17)23-27-15-4-1-3-13(15)21(29-23)28-20-10-16(30-31-20)14-9-18(14)33/h6-7,10-11,14,17-18,33H,1-5,8-9H2,(H,26,34)(H2,27,28,29,30,31)/t14?,17-,18-/m0/s1. The molecule has 11 heteroatoms. The second kappa shape index (κ2) is 8.32. The highest BCUT2D eigenvalue weighted by molar-refractivity contribution is 5.96. The molecule has 1 saturated carbocycles. The van der Waals surface area contributed by atoms with E-state index in [0.29, 0.717) is 36.2 Å². The first-order chi connectivity index (χ1) is 16.5. The normalized spacial score (nSPS) is 23.1. The maximum Gasteiger partial charge on any atom is 0.247 e. The van der Waals surface area contributed by atoms with Gasteiger partial charge in [0.15, 0.2) is 5.82 Å². The van der Waals surface area contributed by atoms with Crippen molar-refractivity contribution in [2.75, 3.05) is 22.1 Å². The first-order valence-electron chi connectivity index (χ1n) is 11.6. The van der Waals surface area contributed by atoms with Crippen molar-refractivity contribution in [3.8, 4) is 0 Å². The van der Waals surface area contributed by atoms with Crippen molar-refractivity contribution in [3.05, 3.63) is 47.3 Å². The van der Waals surface area contributed by atoms with Crippen LogP contribution in [0.3, 0.4) is 0 Å². The fourth-order valence-corrected chi connectivity index (χ4v) is 4.83. The van der Waals surface area contributed by atoms with Crippen molar-refractivity contribution < 1.29 is 14.3 Å². The molecule has 3 atom stereocenters. The molecule has 4 N–H and O–H groups in total. The van der Waals surface area contributed by atoms with Gasteiger partial charge in [0, 0.05) is 29.8 Å². The van der Waals surface area contributed by atoms with Crippen LogP contribution in [-0.4, -0.2) is 54.9 Å². The lowest BCUT2D eigenvalue weighted by molar-refractivity contribution is -0.117. The zero-order valence-electron chi connectivity index (χ0n) is 18.5. The zero-order chi connectivity index (χ0) is 23.2. The Morgan fingerprint density at radius 1 is 1.24 bits per heavy atom. The topological polar surface area (TPSA) is 132 Å². The summed E-state index contributed by atoms with van der Waals surface area (Å²) in [6, 6.07) is 4.19. The molecule has 0 radical (unpaired) electrons. The second-order valence-corrected chi connectivity index (χ2v) is 9.10. The molecule has 2 aliphatic carbocycles. The van der Waals surface area contributed by atoms with Gasteiger partial charge in [-0.2, -0.15) is 14.5 Å². The summed E-state index contributed by atoms with van der Waals surface area (Å²) in [5, 5.41) is 23.2. The third kappa shape index (κ3) is 3.96. The Morgan fingerprint density at radius 2 is 2.12 bits per heavy atom. The maximum absolute atomic E-state index is 13.1. The van der Waals surface area contributed by atoms with E-state index in [9.17, 15) is 14.3 Å². The Labute approximate surface area is 195 Å². The molecule has 1 saturated heterocycles. The highest BCUT2D eigenvalue weighted by Gasteiger charge is 2.38. The Morgan fingerprint density at radius 3 is 2.91 bits per heavy atom. The highest BCUT2D eigenvalue weighted by Crippen LogP contribution is 2.40. The Hall–Kier alpha value is -3.60. The van der Waals surface area contributed by atoms with E-state index >= 15 is 0 Å². The second-order valence-electron chi connectivity index (χ2n) is 9.10. The number of hydrogen-bond acceptors (Lipinski definition) is 8. The van der Waals surface area contributed by atoms with E-state index < -0.39 is 12.0 Å². The molecule has 1 amide bonds. The third-order valence-corrected chi connectivity index (χ3v) is 6.73. The van der Waals surface area contributed by atoms with Crippen molar-refractivity contribution in [2.45, 2.75) is 56.6 Å². The summed E-state index contributed by atoms with van der Waals surface area (Å²) in [5.41, 5.74) is 3.44. The lowest BCUT2D eigenvalue weighted by Crippen LogP contribution is -2.40. The van der Waals surface area contributed by atoms with Crippen molar-refractivity contribution >= 4 is 29.2 Å². The van der Waals surface area contributed by atoms with Gasteiger partial charge < -0.3 is 20.6 Å². The van der Waals surface area contributed by atoms with Crippen LogP contribution in [0.2, 0.25) is 0 Å². The number of rotatable bonds is 6. The predicted molar refractivity (Wildman–Crippen MR) is 122 cm³/mol. The van der Waals surface area contributed by atoms with E-state index in [4.69, 9.17) is 9.97 Å². The lowest BCUT2D eigenvalue weighted by Gasteiger charge is -2.25. The SMILES string of the molecule is O=C(Nc1ccc(F)nc1)[C@@H]1CCCN1c1nc2c(c(Nc3cc(C4C[C@@H]4O)[nH]n3)n1)CCC2. The largest absolute Gasteiger partial charge is 0.392 e. The summed E-state index contributed by atoms with van der Waals surface area (Å²) in [6.45, 7) is 0.671. The summed E-state index contributed by atoms with van der Waals surface area (Å²) >= 11 is 0. The van der Waals surface area contributed by atoms with Crippen molar-refractivity contribution in [2.24, 2.45) is 0 Å². The van der Waals surface area contributed by atoms with E-state index in [2.05, 4.69) is 25.8 Å². The van der Waals surface area contributed by atoms with E-state index in [1.807, 2.05) is 11.0 Å². The van der Waals surface area contributed by atoms with Crippen LogP contribution in [0.5, 0.6) is 0 Å². The molecule has 0 bridgehead atoms. The van der Waals surface area contributed by atoms with E-state index in [1.54, 1.807) is 0 Å². The number of hydrogen-bond donors (Lipinski definition) is 4. The number of aryl methyl sites for hydroxylation is 1. The van der Waals surface area contributed by atoms with E-state index in [-0.39, 0.29) is 17.9 Å². The van der Waals surface area contributed by atoms with Crippen LogP contribution in [0, 0.1) is 5.95 Å². The number of H-pyrrole nitrogens is 1. The number of carbonyl (C=O) groups is 1. The summed E-state index contributed by atoms with van der Waals surface area (Å²) in [6.07, 6.45) is 6.03. The van der Waals surface area contributed by atoms with Gasteiger partial charge in [0.2, 0.25) is 17.8 Å². The average molecular weight is 465 g/mol. The van der Waals surface area contributed by atoms with Crippen LogP contribution in [0.4, 0.5) is 27.7 Å². The van der Waals surface area contributed by atoms with Crippen LogP contribution in [0.25, 0.3) is 0 Å². The van der Waals surface area contributed by atoms with Gasteiger partial charge in [-0.1, -0.05) is 0 Å². The first kappa shape index (κ1) is 21.0. The van der Waals surface area contributed by atoms with Crippen LogP contribution < -0.4 is 15.5 Å². The van der Waals surface area contributed by atoms with Crippen LogP contribution >= 0.6 is 0 Å². The summed E-state index contributed by atoms with van der Waals surface area (Å²) in [7, 11) is 0. The molecule has 10 nitrogen and oxygen atoms in total.